The standard InChI is InChI=1S/C22H33N3O2.ClH/c1-17-3-5-19(6-4-17)16-22(27)25-13-11-24(12-14-25)21(26)15-18(2)20-7-9-23-10-8-20;/h3-6,18,20,23H,7-16H2,1-2H3;1H. The molecule has 156 valence electrons. The molecule has 28 heavy (non-hydrogen) atoms. The normalized spacial score (nSPS) is 19.1. The number of nitrogens with zero attached hydrogens (tertiary/aromatic N) is 2. The number of amides is 2. The smallest absolute Gasteiger partial charge is 0.227 e. The predicted molar refractivity (Wildman–Crippen MR) is 115 cm³/mol. The summed E-state index contributed by atoms with van der Waals surface area (Å²) in [4.78, 5) is 29.0. The van der Waals surface area contributed by atoms with Crippen LogP contribution in [0.15, 0.2) is 24.3 Å². The molecule has 1 aromatic rings. The van der Waals surface area contributed by atoms with Gasteiger partial charge in [-0.1, -0.05) is 36.8 Å². The van der Waals surface area contributed by atoms with E-state index in [-0.39, 0.29) is 24.2 Å². The molecule has 2 saturated heterocycles. The molecule has 0 spiro atoms. The zero-order chi connectivity index (χ0) is 19.2. The minimum Gasteiger partial charge on any atom is -0.339 e. The topological polar surface area (TPSA) is 52.7 Å². The van der Waals surface area contributed by atoms with Gasteiger partial charge in [-0.25, -0.2) is 0 Å². The first-order valence-corrected chi connectivity index (χ1v) is 10.3. The fourth-order valence-corrected chi connectivity index (χ4v) is 4.18. The third-order valence-electron chi connectivity index (χ3n) is 6.15. The Morgan fingerprint density at radius 1 is 1.00 bits per heavy atom. The third-order valence-corrected chi connectivity index (χ3v) is 6.15. The van der Waals surface area contributed by atoms with Crippen LogP contribution in [0.5, 0.6) is 0 Å². The van der Waals surface area contributed by atoms with Crippen LogP contribution < -0.4 is 5.32 Å². The SMILES string of the molecule is Cc1ccc(CC(=O)N2CCN(C(=O)CC(C)C3CCNCC3)CC2)cc1.Cl. The van der Waals surface area contributed by atoms with Crippen LogP contribution in [-0.2, 0) is 16.0 Å². The number of hydrogen-bond donors (Lipinski definition) is 1. The fraction of sp³-hybridized carbons (Fsp3) is 0.636. The summed E-state index contributed by atoms with van der Waals surface area (Å²) >= 11 is 0. The highest BCUT2D eigenvalue weighted by Crippen LogP contribution is 2.25. The summed E-state index contributed by atoms with van der Waals surface area (Å²) in [5, 5.41) is 3.39. The summed E-state index contributed by atoms with van der Waals surface area (Å²) in [5.41, 5.74) is 2.26. The van der Waals surface area contributed by atoms with Crippen molar-refractivity contribution in [2.24, 2.45) is 11.8 Å². The lowest BCUT2D eigenvalue weighted by Gasteiger charge is -2.36. The van der Waals surface area contributed by atoms with E-state index in [1.807, 2.05) is 41.0 Å². The van der Waals surface area contributed by atoms with E-state index in [4.69, 9.17) is 0 Å². The Morgan fingerprint density at radius 2 is 1.54 bits per heavy atom. The highest BCUT2D eigenvalue weighted by atomic mass is 35.5. The first kappa shape index (κ1) is 22.7. The van der Waals surface area contributed by atoms with Crippen LogP contribution in [0.1, 0.15) is 37.3 Å². The van der Waals surface area contributed by atoms with Gasteiger partial charge in [-0.3, -0.25) is 9.59 Å². The zero-order valence-corrected chi connectivity index (χ0v) is 18.0. The van der Waals surface area contributed by atoms with Crippen molar-refractivity contribution in [3.63, 3.8) is 0 Å². The van der Waals surface area contributed by atoms with E-state index >= 15 is 0 Å². The lowest BCUT2D eigenvalue weighted by atomic mass is 9.84. The fourth-order valence-electron chi connectivity index (χ4n) is 4.18. The second-order valence-electron chi connectivity index (χ2n) is 8.19. The van der Waals surface area contributed by atoms with Crippen molar-refractivity contribution in [1.29, 1.82) is 0 Å². The first-order valence-electron chi connectivity index (χ1n) is 10.3. The van der Waals surface area contributed by atoms with Crippen molar-refractivity contribution < 1.29 is 9.59 Å². The highest BCUT2D eigenvalue weighted by molar-refractivity contribution is 5.85. The number of halogens is 1. The molecule has 6 heteroatoms. The summed E-state index contributed by atoms with van der Waals surface area (Å²) in [7, 11) is 0. The van der Waals surface area contributed by atoms with E-state index in [2.05, 4.69) is 12.2 Å². The summed E-state index contributed by atoms with van der Waals surface area (Å²) in [6, 6.07) is 8.13. The number of aryl methyl sites for hydroxylation is 1. The number of piperidine rings is 1. The molecule has 0 aliphatic carbocycles. The van der Waals surface area contributed by atoms with E-state index in [0.29, 0.717) is 50.9 Å². The minimum absolute atomic E-state index is 0. The Morgan fingerprint density at radius 3 is 2.11 bits per heavy atom. The summed E-state index contributed by atoms with van der Waals surface area (Å²) in [6.45, 7) is 9.05. The maximum atomic E-state index is 12.7. The van der Waals surface area contributed by atoms with Crippen LogP contribution in [0.3, 0.4) is 0 Å². The molecule has 3 rings (SSSR count). The predicted octanol–water partition coefficient (Wildman–Crippen LogP) is 2.66. The van der Waals surface area contributed by atoms with Gasteiger partial charge < -0.3 is 15.1 Å². The van der Waals surface area contributed by atoms with Gasteiger partial charge in [0.05, 0.1) is 6.42 Å². The molecular formula is C22H34ClN3O2. The third kappa shape index (κ3) is 6.21. The second kappa shape index (κ2) is 10.8. The van der Waals surface area contributed by atoms with Gasteiger partial charge in [0.2, 0.25) is 11.8 Å². The lowest BCUT2D eigenvalue weighted by molar-refractivity contribution is -0.140. The molecule has 2 amide bonds. The number of piperazine rings is 1. The van der Waals surface area contributed by atoms with Crippen molar-refractivity contribution >= 4 is 24.2 Å². The molecule has 0 aromatic heterocycles. The second-order valence-corrected chi connectivity index (χ2v) is 8.19. The van der Waals surface area contributed by atoms with Gasteiger partial charge >= 0.3 is 0 Å². The molecule has 2 heterocycles. The Labute approximate surface area is 175 Å². The molecule has 0 saturated carbocycles. The molecular weight excluding hydrogens is 374 g/mol. The first-order chi connectivity index (χ1) is 13.0. The van der Waals surface area contributed by atoms with Crippen molar-refractivity contribution in [2.45, 2.75) is 39.5 Å². The van der Waals surface area contributed by atoms with Crippen LogP contribution >= 0.6 is 12.4 Å². The lowest BCUT2D eigenvalue weighted by Crippen LogP contribution is -2.51. The van der Waals surface area contributed by atoms with Crippen LogP contribution in [0.4, 0.5) is 0 Å². The number of nitrogens with one attached hydrogen (secondary N) is 1. The maximum absolute atomic E-state index is 12.7. The minimum atomic E-state index is 0. The number of benzene rings is 1. The van der Waals surface area contributed by atoms with Gasteiger partial charge in [0, 0.05) is 32.6 Å². The monoisotopic (exact) mass is 407 g/mol. The highest BCUT2D eigenvalue weighted by Gasteiger charge is 2.27. The van der Waals surface area contributed by atoms with Crippen molar-refractivity contribution in [3.05, 3.63) is 35.4 Å². The average Bonchev–Trinajstić information content (AvgIpc) is 2.70. The Balaban J connectivity index is 0.00000280. The molecule has 0 radical (unpaired) electrons. The Hall–Kier alpha value is -1.59. The largest absolute Gasteiger partial charge is 0.339 e. The summed E-state index contributed by atoms with van der Waals surface area (Å²) < 4.78 is 0. The molecule has 2 aliphatic heterocycles. The molecule has 5 nitrogen and oxygen atoms in total. The quantitative estimate of drug-likeness (QED) is 0.816. The molecule has 1 N–H and O–H groups in total. The van der Waals surface area contributed by atoms with E-state index in [9.17, 15) is 9.59 Å². The molecule has 1 unspecified atom stereocenters. The van der Waals surface area contributed by atoms with Crippen molar-refractivity contribution in [2.75, 3.05) is 39.3 Å². The zero-order valence-electron chi connectivity index (χ0n) is 17.2. The van der Waals surface area contributed by atoms with Gasteiger partial charge in [0.1, 0.15) is 0 Å². The Kier molecular flexibility index (Phi) is 8.77. The van der Waals surface area contributed by atoms with Gasteiger partial charge in [0.15, 0.2) is 0 Å². The number of rotatable bonds is 5. The Bertz CT molecular complexity index is 636. The van der Waals surface area contributed by atoms with Crippen LogP contribution in [0, 0.1) is 18.8 Å². The van der Waals surface area contributed by atoms with E-state index in [1.165, 1.54) is 18.4 Å². The van der Waals surface area contributed by atoms with Gasteiger partial charge in [0.25, 0.3) is 0 Å². The molecule has 0 bridgehead atoms. The number of carbonyl (C=O) groups is 2. The molecule has 2 fully saturated rings. The number of carbonyl (C=O) groups excluding carboxylic acids is 2. The van der Waals surface area contributed by atoms with E-state index in [1.54, 1.807) is 0 Å². The van der Waals surface area contributed by atoms with Gasteiger partial charge in [-0.15, -0.1) is 12.4 Å². The molecule has 1 aromatic carbocycles. The molecule has 1 atom stereocenters. The number of hydrogen-bond acceptors (Lipinski definition) is 3. The van der Waals surface area contributed by atoms with Crippen LogP contribution in [0.2, 0.25) is 0 Å². The maximum Gasteiger partial charge on any atom is 0.227 e. The summed E-state index contributed by atoms with van der Waals surface area (Å²) in [5.74, 6) is 1.52. The molecule has 2 aliphatic rings. The van der Waals surface area contributed by atoms with Gasteiger partial charge in [-0.05, 0) is 50.3 Å². The van der Waals surface area contributed by atoms with Crippen molar-refractivity contribution in [1.82, 2.24) is 15.1 Å². The van der Waals surface area contributed by atoms with E-state index < -0.39 is 0 Å². The van der Waals surface area contributed by atoms with E-state index in [0.717, 1.165) is 18.7 Å². The van der Waals surface area contributed by atoms with Gasteiger partial charge in [-0.2, -0.15) is 0 Å². The summed E-state index contributed by atoms with van der Waals surface area (Å²) in [6.07, 6.45) is 3.44. The van der Waals surface area contributed by atoms with Crippen LogP contribution in [0.25, 0.3) is 0 Å². The van der Waals surface area contributed by atoms with Crippen LogP contribution in [-0.4, -0.2) is 60.9 Å². The average molecular weight is 408 g/mol. The van der Waals surface area contributed by atoms with Crippen molar-refractivity contribution in [3.8, 4) is 0 Å².